The molecule has 0 aliphatic heterocycles. The molecular formula is C12H19N3O3S. The Morgan fingerprint density at radius 2 is 2.21 bits per heavy atom. The van der Waals surface area contributed by atoms with E-state index in [0.717, 1.165) is 9.88 Å². The predicted molar refractivity (Wildman–Crippen MR) is 72.9 cm³/mol. The van der Waals surface area contributed by atoms with Gasteiger partial charge in [0.15, 0.2) is 0 Å². The smallest absolute Gasteiger partial charge is 0.329 e. The Bertz CT molecular complexity index is 447. The molecule has 0 spiro atoms. The number of aryl methyl sites for hydroxylation is 1. The third-order valence-electron chi connectivity index (χ3n) is 2.50. The molecule has 106 valence electrons. The number of rotatable bonds is 6. The summed E-state index contributed by atoms with van der Waals surface area (Å²) in [6.07, 6.45) is 1.81. The molecule has 7 heteroatoms. The highest BCUT2D eigenvalue weighted by molar-refractivity contribution is 7.11. The Labute approximate surface area is 116 Å². The minimum atomic E-state index is -0.689. The lowest BCUT2D eigenvalue weighted by atomic mass is 10.2. The van der Waals surface area contributed by atoms with Crippen molar-refractivity contribution >= 4 is 23.2 Å². The lowest BCUT2D eigenvalue weighted by molar-refractivity contribution is -0.144. The Morgan fingerprint density at radius 3 is 2.68 bits per heavy atom. The highest BCUT2D eigenvalue weighted by Gasteiger charge is 2.21. The second kappa shape index (κ2) is 7.20. The van der Waals surface area contributed by atoms with Gasteiger partial charge in [-0.25, -0.2) is 9.78 Å². The monoisotopic (exact) mass is 285 g/mol. The average molecular weight is 285 g/mol. The molecule has 0 aliphatic carbocycles. The molecule has 19 heavy (non-hydrogen) atoms. The van der Waals surface area contributed by atoms with Crippen molar-refractivity contribution in [2.75, 3.05) is 13.7 Å². The molecule has 1 amide bonds. The van der Waals surface area contributed by atoms with E-state index in [4.69, 9.17) is 0 Å². The van der Waals surface area contributed by atoms with Crippen molar-refractivity contribution in [3.8, 4) is 0 Å². The molecule has 0 saturated carbocycles. The molecule has 1 heterocycles. The van der Waals surface area contributed by atoms with Crippen LogP contribution >= 0.6 is 11.3 Å². The number of methoxy groups -OCH3 is 1. The topological polar surface area (TPSA) is 80.3 Å². The molecule has 0 aromatic carbocycles. The Morgan fingerprint density at radius 1 is 1.53 bits per heavy atom. The van der Waals surface area contributed by atoms with E-state index in [2.05, 4.69) is 20.4 Å². The lowest BCUT2D eigenvalue weighted by Crippen LogP contribution is -2.47. The molecule has 2 N–H and O–H groups in total. The number of nitrogens with one attached hydrogen (secondary N) is 2. The summed E-state index contributed by atoms with van der Waals surface area (Å²) in [5, 5.41) is 6.66. The molecule has 0 bridgehead atoms. The number of hydrogen-bond donors (Lipinski definition) is 2. The Kier molecular flexibility index (Phi) is 5.91. The molecule has 0 fully saturated rings. The fraction of sp³-hybridized carbons (Fsp3) is 0.583. The second-order valence-corrected chi connectivity index (χ2v) is 5.48. The Hall–Kier alpha value is -1.47. The minimum absolute atomic E-state index is 0.0135. The molecule has 2 unspecified atom stereocenters. The van der Waals surface area contributed by atoms with Gasteiger partial charge in [0.1, 0.15) is 11.0 Å². The van der Waals surface area contributed by atoms with Gasteiger partial charge in [0.2, 0.25) is 5.91 Å². The van der Waals surface area contributed by atoms with Crippen LogP contribution in [0.3, 0.4) is 0 Å². The number of ether oxygens (including phenoxy) is 1. The lowest BCUT2D eigenvalue weighted by Gasteiger charge is -2.18. The van der Waals surface area contributed by atoms with Crippen LogP contribution < -0.4 is 10.6 Å². The third kappa shape index (κ3) is 4.96. The maximum absolute atomic E-state index is 11.5. The van der Waals surface area contributed by atoms with Gasteiger partial charge in [-0.2, -0.15) is 0 Å². The first-order valence-electron chi connectivity index (χ1n) is 5.94. The fourth-order valence-corrected chi connectivity index (χ4v) is 2.34. The van der Waals surface area contributed by atoms with Gasteiger partial charge in [0.25, 0.3) is 0 Å². The molecule has 2 atom stereocenters. The summed E-state index contributed by atoms with van der Waals surface area (Å²) in [5.41, 5.74) is 0. The molecule has 0 saturated heterocycles. The van der Waals surface area contributed by atoms with Gasteiger partial charge in [0, 0.05) is 24.5 Å². The largest absolute Gasteiger partial charge is 0.467 e. The maximum atomic E-state index is 11.5. The minimum Gasteiger partial charge on any atom is -0.467 e. The van der Waals surface area contributed by atoms with Crippen LogP contribution in [-0.4, -0.2) is 36.6 Å². The molecule has 1 aromatic rings. The molecule has 0 aliphatic rings. The second-order valence-electron chi connectivity index (χ2n) is 4.22. The average Bonchev–Trinajstić information content (AvgIpc) is 2.79. The Balaban J connectivity index is 2.55. The summed E-state index contributed by atoms with van der Waals surface area (Å²) in [4.78, 5) is 28.0. The molecule has 0 radical (unpaired) electrons. The predicted octanol–water partition coefficient (Wildman–Crippen LogP) is 0.780. The third-order valence-corrected chi connectivity index (χ3v) is 3.60. The number of esters is 1. The summed E-state index contributed by atoms with van der Waals surface area (Å²) in [6, 6.07) is -0.675. The van der Waals surface area contributed by atoms with Gasteiger partial charge in [-0.05, 0) is 13.8 Å². The van der Waals surface area contributed by atoms with Gasteiger partial charge in [-0.15, -0.1) is 11.3 Å². The molecule has 1 aromatic heterocycles. The van der Waals surface area contributed by atoms with Gasteiger partial charge < -0.3 is 15.4 Å². The maximum Gasteiger partial charge on any atom is 0.329 e. The zero-order valence-electron chi connectivity index (χ0n) is 11.5. The number of nitrogens with zero attached hydrogens (tertiary/aromatic N) is 1. The summed E-state index contributed by atoms with van der Waals surface area (Å²) in [7, 11) is 1.30. The highest BCUT2D eigenvalue weighted by Crippen LogP contribution is 2.18. The van der Waals surface area contributed by atoms with Crippen molar-refractivity contribution < 1.29 is 14.3 Å². The van der Waals surface area contributed by atoms with E-state index in [-0.39, 0.29) is 11.9 Å². The van der Waals surface area contributed by atoms with Crippen LogP contribution in [0.1, 0.15) is 29.8 Å². The van der Waals surface area contributed by atoms with Crippen LogP contribution in [0.5, 0.6) is 0 Å². The number of aromatic nitrogens is 1. The van der Waals surface area contributed by atoms with Gasteiger partial charge in [-0.3, -0.25) is 4.79 Å². The van der Waals surface area contributed by atoms with Crippen molar-refractivity contribution in [1.29, 1.82) is 0 Å². The SMILES string of the molecule is COC(=O)C(CNC(C)c1ncc(C)s1)NC(C)=O. The van der Waals surface area contributed by atoms with Crippen LogP contribution in [-0.2, 0) is 14.3 Å². The summed E-state index contributed by atoms with van der Waals surface area (Å²) in [6.45, 7) is 5.61. The van der Waals surface area contributed by atoms with Crippen LogP contribution in [0.25, 0.3) is 0 Å². The zero-order valence-corrected chi connectivity index (χ0v) is 12.3. The molecule has 6 nitrogen and oxygen atoms in total. The number of hydrogen-bond acceptors (Lipinski definition) is 6. The van der Waals surface area contributed by atoms with E-state index in [1.54, 1.807) is 11.3 Å². The molecular weight excluding hydrogens is 266 g/mol. The quantitative estimate of drug-likeness (QED) is 0.755. The summed E-state index contributed by atoms with van der Waals surface area (Å²) in [5.74, 6) is -0.736. The van der Waals surface area contributed by atoms with E-state index in [1.165, 1.54) is 14.0 Å². The van der Waals surface area contributed by atoms with Crippen LogP contribution in [0.15, 0.2) is 6.20 Å². The van der Waals surface area contributed by atoms with Gasteiger partial charge in [-0.1, -0.05) is 0 Å². The van der Waals surface area contributed by atoms with Crippen molar-refractivity contribution in [2.24, 2.45) is 0 Å². The number of amides is 1. The molecule has 1 rings (SSSR count). The van der Waals surface area contributed by atoms with Crippen LogP contribution in [0, 0.1) is 6.92 Å². The van der Waals surface area contributed by atoms with Crippen LogP contribution in [0.2, 0.25) is 0 Å². The van der Waals surface area contributed by atoms with Crippen molar-refractivity contribution in [3.63, 3.8) is 0 Å². The van der Waals surface area contributed by atoms with Crippen molar-refractivity contribution in [2.45, 2.75) is 32.9 Å². The normalized spacial score (nSPS) is 13.7. The van der Waals surface area contributed by atoms with E-state index >= 15 is 0 Å². The first-order chi connectivity index (χ1) is 8.93. The first kappa shape index (κ1) is 15.6. The summed E-state index contributed by atoms with van der Waals surface area (Å²) < 4.78 is 4.65. The van der Waals surface area contributed by atoms with Crippen molar-refractivity contribution in [3.05, 3.63) is 16.1 Å². The van der Waals surface area contributed by atoms with Gasteiger partial charge >= 0.3 is 5.97 Å². The zero-order chi connectivity index (χ0) is 14.4. The summed E-state index contributed by atoms with van der Waals surface area (Å²) >= 11 is 1.60. The van der Waals surface area contributed by atoms with E-state index in [1.807, 2.05) is 20.0 Å². The first-order valence-corrected chi connectivity index (χ1v) is 6.76. The number of carbonyl (C=O) groups is 2. The highest BCUT2D eigenvalue weighted by atomic mass is 32.1. The number of carbonyl (C=O) groups excluding carboxylic acids is 2. The van der Waals surface area contributed by atoms with E-state index in [9.17, 15) is 9.59 Å². The van der Waals surface area contributed by atoms with E-state index in [0.29, 0.717) is 6.54 Å². The van der Waals surface area contributed by atoms with E-state index < -0.39 is 12.0 Å². The number of thiazole rings is 1. The fourth-order valence-electron chi connectivity index (χ4n) is 1.54. The van der Waals surface area contributed by atoms with Crippen LogP contribution in [0.4, 0.5) is 0 Å². The van der Waals surface area contributed by atoms with Crippen molar-refractivity contribution in [1.82, 2.24) is 15.6 Å². The van der Waals surface area contributed by atoms with Gasteiger partial charge in [0.05, 0.1) is 13.2 Å². The standard InChI is InChI=1S/C12H19N3O3S/c1-7-5-14-11(19-7)8(2)13-6-10(12(17)18-4)15-9(3)16/h5,8,10,13H,6H2,1-4H3,(H,15,16).